The van der Waals surface area contributed by atoms with Crippen molar-refractivity contribution in [1.29, 1.82) is 5.26 Å². The molecule has 0 bridgehead atoms. The fourth-order valence-corrected chi connectivity index (χ4v) is 1.01. The van der Waals surface area contributed by atoms with Crippen LogP contribution in [0, 0.1) is 17.2 Å². The molecule has 0 amide bonds. The second-order valence-electron chi connectivity index (χ2n) is 4.27. The molecule has 2 nitrogen and oxygen atoms in total. The van der Waals surface area contributed by atoms with E-state index in [9.17, 15) is 13.2 Å². The molecule has 0 spiro atoms. The molecule has 5 heteroatoms. The Balaban J connectivity index is 4.53. The molecule has 0 aliphatic carbocycles. The van der Waals surface area contributed by atoms with E-state index in [4.69, 9.17) is 5.26 Å². The Bertz CT molecular complexity index is 240. The average molecular weight is 222 g/mol. The first-order valence-corrected chi connectivity index (χ1v) is 4.82. The minimum atomic E-state index is -4.44. The summed E-state index contributed by atoms with van der Waals surface area (Å²) in [6.45, 7) is 5.35. The third kappa shape index (κ3) is 4.08. The predicted molar refractivity (Wildman–Crippen MR) is 52.2 cm³/mol. The fourth-order valence-electron chi connectivity index (χ4n) is 1.01. The Morgan fingerprint density at radius 3 is 2.07 bits per heavy atom. The van der Waals surface area contributed by atoms with Gasteiger partial charge >= 0.3 is 6.18 Å². The summed E-state index contributed by atoms with van der Waals surface area (Å²) in [5, 5.41) is 8.45. The first-order valence-electron chi connectivity index (χ1n) is 4.82. The van der Waals surface area contributed by atoms with E-state index < -0.39 is 12.1 Å². The number of halogens is 3. The van der Waals surface area contributed by atoms with Crippen LogP contribution in [0.25, 0.3) is 0 Å². The zero-order chi connectivity index (χ0) is 12.3. The third-order valence-corrected chi connectivity index (χ3v) is 2.91. The Labute approximate surface area is 88.7 Å². The Morgan fingerprint density at radius 2 is 1.80 bits per heavy atom. The van der Waals surface area contributed by atoms with E-state index >= 15 is 0 Å². The SMILES string of the molecule is CCC(C)(C)N(C)CC(C#N)C(F)(F)F. The van der Waals surface area contributed by atoms with E-state index in [1.54, 1.807) is 11.9 Å². The van der Waals surface area contributed by atoms with Crippen molar-refractivity contribution >= 4 is 0 Å². The summed E-state index contributed by atoms with van der Waals surface area (Å²) < 4.78 is 37.0. The molecule has 88 valence electrons. The van der Waals surface area contributed by atoms with Crippen molar-refractivity contribution in [2.24, 2.45) is 5.92 Å². The number of nitriles is 1. The number of hydrogen-bond donors (Lipinski definition) is 0. The summed E-state index contributed by atoms with van der Waals surface area (Å²) in [5.41, 5.74) is -0.319. The lowest BCUT2D eigenvalue weighted by Crippen LogP contribution is -2.45. The van der Waals surface area contributed by atoms with Crippen molar-refractivity contribution in [3.05, 3.63) is 0 Å². The first kappa shape index (κ1) is 14.2. The molecule has 0 heterocycles. The summed E-state index contributed by atoms with van der Waals surface area (Å²) >= 11 is 0. The second kappa shape index (κ2) is 4.84. The van der Waals surface area contributed by atoms with Crippen molar-refractivity contribution in [2.75, 3.05) is 13.6 Å². The second-order valence-corrected chi connectivity index (χ2v) is 4.27. The van der Waals surface area contributed by atoms with Crippen LogP contribution in [0.2, 0.25) is 0 Å². The molecule has 0 aromatic carbocycles. The van der Waals surface area contributed by atoms with Crippen LogP contribution < -0.4 is 0 Å². The molecule has 0 fully saturated rings. The fraction of sp³-hybridized carbons (Fsp3) is 0.900. The van der Waals surface area contributed by atoms with Gasteiger partial charge in [0, 0.05) is 12.1 Å². The molecule has 0 aliphatic heterocycles. The monoisotopic (exact) mass is 222 g/mol. The van der Waals surface area contributed by atoms with Crippen LogP contribution >= 0.6 is 0 Å². The van der Waals surface area contributed by atoms with Gasteiger partial charge < -0.3 is 0 Å². The molecule has 0 aromatic rings. The van der Waals surface area contributed by atoms with Crippen LogP contribution in [-0.4, -0.2) is 30.2 Å². The van der Waals surface area contributed by atoms with Crippen molar-refractivity contribution < 1.29 is 13.2 Å². The molecule has 15 heavy (non-hydrogen) atoms. The topological polar surface area (TPSA) is 27.0 Å². The molecule has 1 atom stereocenters. The number of alkyl halides is 3. The highest BCUT2D eigenvalue weighted by Gasteiger charge is 2.41. The maximum absolute atomic E-state index is 12.3. The largest absolute Gasteiger partial charge is 0.405 e. The maximum Gasteiger partial charge on any atom is 0.405 e. The zero-order valence-corrected chi connectivity index (χ0v) is 9.52. The van der Waals surface area contributed by atoms with Crippen molar-refractivity contribution in [1.82, 2.24) is 4.90 Å². The summed E-state index contributed by atoms with van der Waals surface area (Å²) in [6, 6.07) is 1.30. The number of rotatable bonds is 4. The molecule has 1 unspecified atom stereocenters. The minimum absolute atomic E-state index is 0.277. The first-order chi connectivity index (χ1) is 6.65. The Morgan fingerprint density at radius 1 is 1.33 bits per heavy atom. The van der Waals surface area contributed by atoms with Gasteiger partial charge in [-0.1, -0.05) is 6.92 Å². The van der Waals surface area contributed by atoms with Gasteiger partial charge in [-0.2, -0.15) is 18.4 Å². The number of nitrogens with zero attached hydrogens (tertiary/aromatic N) is 2. The smallest absolute Gasteiger partial charge is 0.300 e. The van der Waals surface area contributed by atoms with Gasteiger partial charge in [-0.3, -0.25) is 4.90 Å². The quantitative estimate of drug-likeness (QED) is 0.731. The van der Waals surface area contributed by atoms with Gasteiger partial charge in [0.15, 0.2) is 5.92 Å². The van der Waals surface area contributed by atoms with E-state index in [0.717, 1.165) is 6.42 Å². The Hall–Kier alpha value is -0.760. The van der Waals surface area contributed by atoms with Gasteiger partial charge in [0.25, 0.3) is 0 Å². The van der Waals surface area contributed by atoms with Gasteiger partial charge in [-0.05, 0) is 27.3 Å². The van der Waals surface area contributed by atoms with Crippen LogP contribution in [0.5, 0.6) is 0 Å². The minimum Gasteiger partial charge on any atom is -0.300 e. The average Bonchev–Trinajstić information content (AvgIpc) is 2.11. The highest BCUT2D eigenvalue weighted by molar-refractivity contribution is 4.92. The Kier molecular flexibility index (Phi) is 4.60. The van der Waals surface area contributed by atoms with Gasteiger partial charge in [-0.15, -0.1) is 0 Å². The molecule has 0 aromatic heterocycles. The third-order valence-electron chi connectivity index (χ3n) is 2.91. The van der Waals surface area contributed by atoms with Crippen LogP contribution in [0.3, 0.4) is 0 Å². The molecular weight excluding hydrogens is 205 g/mol. The zero-order valence-electron chi connectivity index (χ0n) is 9.52. The molecule has 0 radical (unpaired) electrons. The van der Waals surface area contributed by atoms with E-state index in [1.807, 2.05) is 20.8 Å². The highest BCUT2D eigenvalue weighted by atomic mass is 19.4. The van der Waals surface area contributed by atoms with Crippen LogP contribution in [0.15, 0.2) is 0 Å². The molecule has 0 N–H and O–H groups in total. The lowest BCUT2D eigenvalue weighted by atomic mass is 9.98. The lowest BCUT2D eigenvalue weighted by Gasteiger charge is -2.36. The lowest BCUT2D eigenvalue weighted by molar-refractivity contribution is -0.165. The summed E-state index contributed by atoms with van der Waals surface area (Å²) in [6.07, 6.45) is -3.70. The van der Waals surface area contributed by atoms with Crippen molar-refractivity contribution in [3.8, 4) is 6.07 Å². The maximum atomic E-state index is 12.3. The predicted octanol–water partition coefficient (Wildman–Crippen LogP) is 2.81. The van der Waals surface area contributed by atoms with Crippen LogP contribution in [0.1, 0.15) is 27.2 Å². The normalized spacial score (nSPS) is 15.1. The van der Waals surface area contributed by atoms with Gasteiger partial charge in [0.2, 0.25) is 0 Å². The summed E-state index contributed by atoms with van der Waals surface area (Å²) in [5.74, 6) is -1.91. The van der Waals surface area contributed by atoms with E-state index in [1.165, 1.54) is 6.07 Å². The van der Waals surface area contributed by atoms with Gasteiger partial charge in [-0.25, -0.2) is 0 Å². The summed E-state index contributed by atoms with van der Waals surface area (Å²) in [7, 11) is 1.61. The summed E-state index contributed by atoms with van der Waals surface area (Å²) in [4.78, 5) is 1.58. The molecular formula is C10H17F3N2. The van der Waals surface area contributed by atoms with Gasteiger partial charge in [0.05, 0.1) is 6.07 Å². The van der Waals surface area contributed by atoms with Crippen LogP contribution in [-0.2, 0) is 0 Å². The molecule has 0 saturated heterocycles. The van der Waals surface area contributed by atoms with Crippen molar-refractivity contribution in [3.63, 3.8) is 0 Å². The molecule has 0 saturated carbocycles. The number of hydrogen-bond acceptors (Lipinski definition) is 2. The van der Waals surface area contributed by atoms with E-state index in [0.29, 0.717) is 0 Å². The van der Waals surface area contributed by atoms with Crippen molar-refractivity contribution in [2.45, 2.75) is 38.9 Å². The van der Waals surface area contributed by atoms with E-state index in [-0.39, 0.29) is 12.1 Å². The molecule has 0 rings (SSSR count). The standard InChI is InChI=1S/C10H17F3N2/c1-5-9(2,3)15(4)7-8(6-14)10(11,12)13/h8H,5,7H2,1-4H3. The molecule has 0 aliphatic rings. The van der Waals surface area contributed by atoms with Gasteiger partial charge in [0.1, 0.15) is 0 Å². The highest BCUT2D eigenvalue weighted by Crippen LogP contribution is 2.28. The van der Waals surface area contributed by atoms with Crippen LogP contribution in [0.4, 0.5) is 13.2 Å². The van der Waals surface area contributed by atoms with E-state index in [2.05, 4.69) is 0 Å².